The number of anilines is 1. The number of nitrogen functional groups attached to an aromatic ring is 1. The Morgan fingerprint density at radius 1 is 1.70 bits per heavy atom. The first-order valence-electron chi connectivity index (χ1n) is 3.10. The molecule has 1 aromatic rings. The van der Waals surface area contributed by atoms with Gasteiger partial charge in [0, 0.05) is 0 Å². The first-order chi connectivity index (χ1) is 4.75. The Hall–Kier alpha value is -1.19. The molecule has 0 saturated heterocycles. The molecule has 1 aromatic heterocycles. The third-order valence-electron chi connectivity index (χ3n) is 1.12. The SMILES string of the molecule is CCOc1c(C)noc1N. The Kier molecular flexibility index (Phi) is 1.80. The average molecular weight is 142 g/mol. The number of hydrogen-bond acceptors (Lipinski definition) is 4. The molecule has 4 nitrogen and oxygen atoms in total. The van der Waals surface area contributed by atoms with E-state index in [2.05, 4.69) is 9.68 Å². The van der Waals surface area contributed by atoms with Gasteiger partial charge in [-0.1, -0.05) is 5.16 Å². The third kappa shape index (κ3) is 1.05. The lowest BCUT2D eigenvalue weighted by atomic mass is 10.4. The van der Waals surface area contributed by atoms with Crippen LogP contribution in [0, 0.1) is 6.92 Å². The van der Waals surface area contributed by atoms with Gasteiger partial charge in [-0.3, -0.25) is 0 Å². The second-order valence-corrected chi connectivity index (χ2v) is 1.89. The maximum Gasteiger partial charge on any atom is 0.264 e. The predicted molar refractivity (Wildman–Crippen MR) is 36.8 cm³/mol. The van der Waals surface area contributed by atoms with Crippen molar-refractivity contribution in [1.29, 1.82) is 0 Å². The van der Waals surface area contributed by atoms with Gasteiger partial charge < -0.3 is 15.0 Å². The van der Waals surface area contributed by atoms with Crippen molar-refractivity contribution >= 4 is 5.88 Å². The molecule has 0 unspecified atom stereocenters. The number of hydrogen-bond donors (Lipinski definition) is 1. The van der Waals surface area contributed by atoms with Crippen LogP contribution in [-0.4, -0.2) is 11.8 Å². The van der Waals surface area contributed by atoms with E-state index in [1.165, 1.54) is 0 Å². The van der Waals surface area contributed by atoms with E-state index in [1.807, 2.05) is 6.92 Å². The van der Waals surface area contributed by atoms with Gasteiger partial charge in [-0.05, 0) is 13.8 Å². The molecule has 56 valence electrons. The lowest BCUT2D eigenvalue weighted by Gasteiger charge is -1.97. The summed E-state index contributed by atoms with van der Waals surface area (Å²) in [7, 11) is 0. The smallest absolute Gasteiger partial charge is 0.264 e. The second-order valence-electron chi connectivity index (χ2n) is 1.89. The molecule has 0 atom stereocenters. The molecule has 4 heteroatoms. The summed E-state index contributed by atoms with van der Waals surface area (Å²) in [5.74, 6) is 0.807. The number of nitrogens with two attached hydrogens (primary N) is 1. The fourth-order valence-corrected chi connectivity index (χ4v) is 0.699. The van der Waals surface area contributed by atoms with Crippen LogP contribution in [0.3, 0.4) is 0 Å². The molecule has 1 rings (SSSR count). The van der Waals surface area contributed by atoms with Crippen LogP contribution in [0.1, 0.15) is 12.6 Å². The molecule has 0 aliphatic heterocycles. The lowest BCUT2D eigenvalue weighted by Crippen LogP contribution is -1.94. The minimum Gasteiger partial charge on any atom is -0.487 e. The molecule has 0 bridgehead atoms. The quantitative estimate of drug-likeness (QED) is 0.668. The van der Waals surface area contributed by atoms with Gasteiger partial charge in [0.15, 0.2) is 0 Å². The van der Waals surface area contributed by atoms with Crippen LogP contribution in [0.5, 0.6) is 5.75 Å². The van der Waals surface area contributed by atoms with Crippen molar-refractivity contribution in [2.45, 2.75) is 13.8 Å². The fraction of sp³-hybridized carbons (Fsp3) is 0.500. The maximum atomic E-state index is 5.37. The molecular formula is C6H10N2O2. The van der Waals surface area contributed by atoms with Crippen LogP contribution in [0.15, 0.2) is 4.52 Å². The average Bonchev–Trinajstić information content (AvgIpc) is 2.20. The second kappa shape index (κ2) is 2.60. The van der Waals surface area contributed by atoms with E-state index in [4.69, 9.17) is 10.5 Å². The summed E-state index contributed by atoms with van der Waals surface area (Å²) in [6.07, 6.45) is 0. The summed E-state index contributed by atoms with van der Waals surface area (Å²) in [6.45, 7) is 4.24. The van der Waals surface area contributed by atoms with E-state index >= 15 is 0 Å². The van der Waals surface area contributed by atoms with Gasteiger partial charge >= 0.3 is 0 Å². The van der Waals surface area contributed by atoms with E-state index in [0.29, 0.717) is 18.1 Å². The van der Waals surface area contributed by atoms with Crippen molar-refractivity contribution in [3.05, 3.63) is 5.69 Å². The molecule has 1 heterocycles. The summed E-state index contributed by atoms with van der Waals surface area (Å²) in [5, 5.41) is 3.61. The van der Waals surface area contributed by atoms with Crippen molar-refractivity contribution in [2.24, 2.45) is 0 Å². The Morgan fingerprint density at radius 2 is 2.40 bits per heavy atom. The molecule has 0 amide bonds. The molecule has 0 radical (unpaired) electrons. The van der Waals surface area contributed by atoms with Crippen LogP contribution in [0.2, 0.25) is 0 Å². The number of nitrogens with zero attached hydrogens (tertiary/aromatic N) is 1. The Bertz CT molecular complexity index is 200. The van der Waals surface area contributed by atoms with Gasteiger partial charge in [0.25, 0.3) is 5.88 Å². The standard InChI is InChI=1S/C6H10N2O2/c1-3-9-5-4(2)8-10-6(5)7/h3,7H2,1-2H3. The number of rotatable bonds is 2. The van der Waals surface area contributed by atoms with Gasteiger partial charge in [-0.15, -0.1) is 0 Å². The van der Waals surface area contributed by atoms with E-state index in [0.717, 1.165) is 0 Å². The monoisotopic (exact) mass is 142 g/mol. The van der Waals surface area contributed by atoms with Gasteiger partial charge in [0.1, 0.15) is 5.69 Å². The van der Waals surface area contributed by atoms with Crippen molar-refractivity contribution in [3.8, 4) is 5.75 Å². The van der Waals surface area contributed by atoms with Crippen molar-refractivity contribution in [2.75, 3.05) is 12.3 Å². The highest BCUT2D eigenvalue weighted by Gasteiger charge is 2.09. The van der Waals surface area contributed by atoms with Gasteiger partial charge in [-0.2, -0.15) is 0 Å². The van der Waals surface area contributed by atoms with E-state index in [1.54, 1.807) is 6.92 Å². The Balaban J connectivity index is 2.87. The molecule has 2 N–H and O–H groups in total. The zero-order chi connectivity index (χ0) is 7.56. The van der Waals surface area contributed by atoms with Crippen molar-refractivity contribution < 1.29 is 9.26 Å². The summed E-state index contributed by atoms with van der Waals surface area (Å²) in [4.78, 5) is 0. The molecule has 0 saturated carbocycles. The maximum absolute atomic E-state index is 5.37. The molecule has 0 aliphatic carbocycles. The topological polar surface area (TPSA) is 61.3 Å². The zero-order valence-electron chi connectivity index (χ0n) is 6.05. The van der Waals surface area contributed by atoms with Gasteiger partial charge in [-0.25, -0.2) is 0 Å². The fourth-order valence-electron chi connectivity index (χ4n) is 0.699. The van der Waals surface area contributed by atoms with Crippen LogP contribution in [0.4, 0.5) is 5.88 Å². The van der Waals surface area contributed by atoms with Crippen LogP contribution in [-0.2, 0) is 0 Å². The minimum absolute atomic E-state index is 0.249. The molecule has 0 spiro atoms. The number of ether oxygens (including phenoxy) is 1. The van der Waals surface area contributed by atoms with E-state index in [-0.39, 0.29) is 5.88 Å². The number of aromatic nitrogens is 1. The highest BCUT2D eigenvalue weighted by atomic mass is 16.5. The normalized spacial score (nSPS) is 9.80. The highest BCUT2D eigenvalue weighted by Crippen LogP contribution is 2.24. The summed E-state index contributed by atoms with van der Waals surface area (Å²) in [6, 6.07) is 0. The third-order valence-corrected chi connectivity index (χ3v) is 1.12. The highest BCUT2D eigenvalue weighted by molar-refractivity contribution is 5.45. The van der Waals surface area contributed by atoms with Crippen LogP contribution >= 0.6 is 0 Å². The molecular weight excluding hydrogens is 132 g/mol. The first kappa shape index (κ1) is 6.92. The summed E-state index contributed by atoms with van der Waals surface area (Å²) < 4.78 is 9.78. The van der Waals surface area contributed by atoms with Crippen molar-refractivity contribution in [1.82, 2.24) is 5.16 Å². The zero-order valence-corrected chi connectivity index (χ0v) is 6.05. The Morgan fingerprint density at radius 3 is 2.80 bits per heavy atom. The summed E-state index contributed by atoms with van der Waals surface area (Å²) in [5.41, 5.74) is 6.07. The minimum atomic E-state index is 0.249. The first-order valence-corrected chi connectivity index (χ1v) is 3.10. The van der Waals surface area contributed by atoms with Crippen molar-refractivity contribution in [3.63, 3.8) is 0 Å². The van der Waals surface area contributed by atoms with Gasteiger partial charge in [0.05, 0.1) is 6.61 Å². The van der Waals surface area contributed by atoms with E-state index < -0.39 is 0 Å². The molecule has 0 aliphatic rings. The van der Waals surface area contributed by atoms with Gasteiger partial charge in [0.2, 0.25) is 5.75 Å². The number of aryl methyl sites for hydroxylation is 1. The lowest BCUT2D eigenvalue weighted by molar-refractivity contribution is 0.337. The largest absolute Gasteiger partial charge is 0.487 e. The van der Waals surface area contributed by atoms with Crippen LogP contribution < -0.4 is 10.5 Å². The summed E-state index contributed by atoms with van der Waals surface area (Å²) >= 11 is 0. The Labute approximate surface area is 58.9 Å². The molecule has 0 fully saturated rings. The van der Waals surface area contributed by atoms with Crippen LogP contribution in [0.25, 0.3) is 0 Å². The van der Waals surface area contributed by atoms with E-state index in [9.17, 15) is 0 Å². The molecule has 0 aromatic carbocycles. The molecule has 10 heavy (non-hydrogen) atoms. The predicted octanol–water partition coefficient (Wildman–Crippen LogP) is 0.964.